The van der Waals surface area contributed by atoms with Gasteiger partial charge in [-0.3, -0.25) is 4.79 Å². The standard InChI is InChI=1S/C21H20FN5O3/c1-30-15-8-9-19(28)16(11-15)21(29)25-10-2-3-18-17(12-23)20(24)27(26-18)14-6-4-13(22)5-7-14/h4-9,11,28H,2-3,10,24H2,1H3,(H,25,29). The van der Waals surface area contributed by atoms with Gasteiger partial charge in [0.25, 0.3) is 5.91 Å². The Kier molecular flexibility index (Phi) is 6.17. The number of carbonyl (C=O) groups excluding carboxylic acids is 1. The summed E-state index contributed by atoms with van der Waals surface area (Å²) in [5.74, 6) is -0.347. The van der Waals surface area contributed by atoms with Crippen molar-refractivity contribution in [3.05, 3.63) is 65.1 Å². The number of aromatic nitrogens is 2. The van der Waals surface area contributed by atoms with Gasteiger partial charge >= 0.3 is 0 Å². The van der Waals surface area contributed by atoms with Gasteiger partial charge in [-0.2, -0.15) is 10.4 Å². The number of methoxy groups -OCH3 is 1. The summed E-state index contributed by atoms with van der Waals surface area (Å²) in [6.07, 6.45) is 0.886. The Morgan fingerprint density at radius 1 is 1.33 bits per heavy atom. The van der Waals surface area contributed by atoms with Crippen molar-refractivity contribution >= 4 is 11.7 Å². The van der Waals surface area contributed by atoms with Crippen molar-refractivity contribution in [3.63, 3.8) is 0 Å². The predicted octanol–water partition coefficient (Wildman–Crippen LogP) is 2.54. The molecular formula is C21H20FN5O3. The third-order valence-corrected chi connectivity index (χ3v) is 4.50. The van der Waals surface area contributed by atoms with Crippen LogP contribution in [0.2, 0.25) is 0 Å². The van der Waals surface area contributed by atoms with Crippen molar-refractivity contribution in [1.29, 1.82) is 5.26 Å². The molecule has 30 heavy (non-hydrogen) atoms. The maximum Gasteiger partial charge on any atom is 0.255 e. The molecule has 0 radical (unpaired) electrons. The first-order valence-corrected chi connectivity index (χ1v) is 9.13. The third-order valence-electron chi connectivity index (χ3n) is 4.50. The van der Waals surface area contributed by atoms with E-state index in [-0.39, 0.29) is 28.5 Å². The number of hydrogen-bond acceptors (Lipinski definition) is 6. The number of aromatic hydroxyl groups is 1. The second kappa shape index (κ2) is 8.96. The van der Waals surface area contributed by atoms with Gasteiger partial charge in [-0.05, 0) is 55.3 Å². The Balaban J connectivity index is 1.65. The lowest BCUT2D eigenvalue weighted by molar-refractivity contribution is 0.0950. The molecule has 3 aromatic rings. The van der Waals surface area contributed by atoms with Crippen LogP contribution in [0.5, 0.6) is 11.5 Å². The number of hydrogen-bond donors (Lipinski definition) is 3. The second-order valence-corrected chi connectivity index (χ2v) is 6.45. The maximum absolute atomic E-state index is 13.1. The average Bonchev–Trinajstić information content (AvgIpc) is 3.07. The van der Waals surface area contributed by atoms with E-state index in [0.717, 1.165) is 0 Å². The molecule has 1 amide bonds. The SMILES string of the molecule is COc1ccc(O)c(C(=O)NCCCc2nn(-c3ccc(F)cc3)c(N)c2C#N)c1. The van der Waals surface area contributed by atoms with Crippen molar-refractivity contribution in [3.8, 4) is 23.3 Å². The summed E-state index contributed by atoms with van der Waals surface area (Å²) in [6.45, 7) is 0.295. The van der Waals surface area contributed by atoms with E-state index >= 15 is 0 Å². The average molecular weight is 409 g/mol. The molecule has 0 saturated carbocycles. The van der Waals surface area contributed by atoms with Gasteiger partial charge in [0, 0.05) is 6.54 Å². The number of rotatable bonds is 7. The van der Waals surface area contributed by atoms with Gasteiger partial charge in [0.05, 0.1) is 24.1 Å². The lowest BCUT2D eigenvalue weighted by Gasteiger charge is -2.08. The number of aryl methyl sites for hydroxylation is 1. The third kappa shape index (κ3) is 4.33. The summed E-state index contributed by atoms with van der Waals surface area (Å²) in [6, 6.07) is 12.0. The molecule has 1 aromatic heterocycles. The molecule has 0 bridgehead atoms. The van der Waals surface area contributed by atoms with E-state index in [0.29, 0.717) is 36.5 Å². The van der Waals surface area contributed by atoms with Crippen LogP contribution in [0.25, 0.3) is 5.69 Å². The fraction of sp³-hybridized carbons (Fsp3) is 0.190. The molecule has 0 aliphatic heterocycles. The topological polar surface area (TPSA) is 126 Å². The van der Waals surface area contributed by atoms with Crippen molar-refractivity contribution in [1.82, 2.24) is 15.1 Å². The van der Waals surface area contributed by atoms with Gasteiger partial charge in [0.15, 0.2) is 0 Å². The van der Waals surface area contributed by atoms with Gasteiger partial charge < -0.3 is 20.9 Å². The smallest absolute Gasteiger partial charge is 0.255 e. The highest BCUT2D eigenvalue weighted by Gasteiger charge is 2.17. The van der Waals surface area contributed by atoms with Crippen molar-refractivity contribution < 1.29 is 19.0 Å². The molecule has 0 unspecified atom stereocenters. The van der Waals surface area contributed by atoms with Gasteiger partial charge in [-0.1, -0.05) is 0 Å². The first-order valence-electron chi connectivity index (χ1n) is 9.13. The summed E-state index contributed by atoms with van der Waals surface area (Å²) in [4.78, 5) is 12.3. The number of ether oxygens (including phenoxy) is 1. The first kappa shape index (κ1) is 20.7. The Hall–Kier alpha value is -4.06. The van der Waals surface area contributed by atoms with E-state index in [1.54, 1.807) is 6.07 Å². The molecule has 9 heteroatoms. The van der Waals surface area contributed by atoms with E-state index in [1.165, 1.54) is 48.2 Å². The fourth-order valence-electron chi connectivity index (χ4n) is 2.93. The highest BCUT2D eigenvalue weighted by Crippen LogP contribution is 2.23. The van der Waals surface area contributed by atoms with Crippen LogP contribution in [0.4, 0.5) is 10.2 Å². The molecule has 0 atom stereocenters. The number of nitrogens with two attached hydrogens (primary N) is 1. The maximum atomic E-state index is 13.1. The van der Waals surface area contributed by atoms with E-state index in [1.807, 2.05) is 6.07 Å². The minimum Gasteiger partial charge on any atom is -0.507 e. The number of amides is 1. The Bertz CT molecular complexity index is 1100. The van der Waals surface area contributed by atoms with Crippen molar-refractivity contribution in [2.24, 2.45) is 0 Å². The van der Waals surface area contributed by atoms with E-state index < -0.39 is 5.91 Å². The number of carbonyl (C=O) groups is 1. The van der Waals surface area contributed by atoms with E-state index in [4.69, 9.17) is 10.5 Å². The number of nitriles is 1. The second-order valence-electron chi connectivity index (χ2n) is 6.45. The van der Waals surface area contributed by atoms with Crippen LogP contribution in [0.1, 0.15) is 28.0 Å². The number of anilines is 1. The molecule has 0 aliphatic rings. The van der Waals surface area contributed by atoms with Gasteiger partial charge in [-0.25, -0.2) is 9.07 Å². The van der Waals surface area contributed by atoms with Gasteiger partial charge in [0.2, 0.25) is 0 Å². The molecule has 0 spiro atoms. The zero-order valence-electron chi connectivity index (χ0n) is 16.2. The normalized spacial score (nSPS) is 10.4. The Morgan fingerprint density at radius 3 is 2.73 bits per heavy atom. The van der Waals surface area contributed by atoms with Crippen molar-refractivity contribution in [2.75, 3.05) is 19.4 Å². The Labute approximate surface area is 172 Å². The predicted molar refractivity (Wildman–Crippen MR) is 108 cm³/mol. The quantitative estimate of drug-likeness (QED) is 0.515. The minimum atomic E-state index is -0.441. The minimum absolute atomic E-state index is 0.108. The monoisotopic (exact) mass is 409 g/mol. The number of nitrogens with one attached hydrogen (secondary N) is 1. The summed E-state index contributed by atoms with van der Waals surface area (Å²) < 4.78 is 19.6. The molecule has 8 nitrogen and oxygen atoms in total. The van der Waals surface area contributed by atoms with Crippen LogP contribution in [0, 0.1) is 17.1 Å². The number of benzene rings is 2. The number of halogens is 1. The molecule has 0 fully saturated rings. The van der Waals surface area contributed by atoms with Gasteiger partial charge in [0.1, 0.15) is 34.8 Å². The highest BCUT2D eigenvalue weighted by molar-refractivity contribution is 5.97. The summed E-state index contributed by atoms with van der Waals surface area (Å²) >= 11 is 0. The molecule has 1 heterocycles. The van der Waals surface area contributed by atoms with Crippen molar-refractivity contribution in [2.45, 2.75) is 12.8 Å². The molecule has 0 saturated heterocycles. The fourth-order valence-corrected chi connectivity index (χ4v) is 2.93. The largest absolute Gasteiger partial charge is 0.507 e. The summed E-state index contributed by atoms with van der Waals surface area (Å²) in [5.41, 5.74) is 7.41. The molecule has 4 N–H and O–H groups in total. The zero-order valence-corrected chi connectivity index (χ0v) is 16.2. The zero-order chi connectivity index (χ0) is 21.7. The summed E-state index contributed by atoms with van der Waals surface area (Å²) in [7, 11) is 1.47. The van der Waals surface area contributed by atoms with E-state index in [9.17, 15) is 19.6 Å². The molecule has 0 aliphatic carbocycles. The number of phenols is 1. The number of nitrogens with zero attached hydrogens (tertiary/aromatic N) is 3. The molecule has 154 valence electrons. The highest BCUT2D eigenvalue weighted by atomic mass is 19.1. The molecular weight excluding hydrogens is 389 g/mol. The Morgan fingerprint density at radius 2 is 2.07 bits per heavy atom. The first-order chi connectivity index (χ1) is 14.4. The van der Waals surface area contributed by atoms with E-state index in [2.05, 4.69) is 10.4 Å². The van der Waals surface area contributed by atoms with Crippen LogP contribution in [-0.2, 0) is 6.42 Å². The molecule has 2 aromatic carbocycles. The van der Waals surface area contributed by atoms with Crippen LogP contribution in [0.15, 0.2) is 42.5 Å². The number of nitrogen functional groups attached to an aromatic ring is 1. The lowest BCUT2D eigenvalue weighted by atomic mass is 10.1. The molecule has 3 rings (SSSR count). The number of phenolic OH excluding ortho intramolecular Hbond substituents is 1. The van der Waals surface area contributed by atoms with Crippen LogP contribution in [-0.4, -0.2) is 34.4 Å². The van der Waals surface area contributed by atoms with Crippen LogP contribution < -0.4 is 15.8 Å². The lowest BCUT2D eigenvalue weighted by Crippen LogP contribution is -2.25. The van der Waals surface area contributed by atoms with Crippen LogP contribution >= 0.6 is 0 Å². The summed E-state index contributed by atoms with van der Waals surface area (Å²) in [5, 5.41) is 26.4. The van der Waals surface area contributed by atoms with Crippen LogP contribution in [0.3, 0.4) is 0 Å². The van der Waals surface area contributed by atoms with Gasteiger partial charge in [-0.15, -0.1) is 0 Å².